The molecule has 0 aliphatic rings. The van der Waals surface area contributed by atoms with E-state index in [-0.39, 0.29) is 0 Å². The van der Waals surface area contributed by atoms with Gasteiger partial charge in [0.05, 0.1) is 0 Å². The lowest BCUT2D eigenvalue weighted by molar-refractivity contribution is 1.26. The van der Waals surface area contributed by atoms with Crippen molar-refractivity contribution in [3.8, 4) is 0 Å². The molecule has 4 nitrogen and oxygen atoms in total. The van der Waals surface area contributed by atoms with Crippen LogP contribution in [0.15, 0.2) is 19.0 Å². The second-order valence-electron chi connectivity index (χ2n) is 2.05. The van der Waals surface area contributed by atoms with Gasteiger partial charge in [-0.3, -0.25) is 0 Å². The lowest BCUT2D eigenvalue weighted by atomic mass is 10.6. The van der Waals surface area contributed by atoms with Crippen LogP contribution in [-0.4, -0.2) is 19.9 Å². The highest BCUT2D eigenvalue weighted by atomic mass is 15.0. The van der Waals surface area contributed by atoms with Crippen LogP contribution in [0.2, 0.25) is 0 Å². The number of imidazole rings is 1. The summed E-state index contributed by atoms with van der Waals surface area (Å²) >= 11 is 0. The first-order valence-corrected chi connectivity index (χ1v) is 3.19. The minimum atomic E-state index is 0.627. The van der Waals surface area contributed by atoms with E-state index >= 15 is 0 Å². The van der Waals surface area contributed by atoms with Crippen LogP contribution in [0.1, 0.15) is 5.82 Å². The molecule has 0 unspecified atom stereocenters. The number of rotatable bonds is 1. The fraction of sp³-hybridized carbons (Fsp3) is 0. The number of nitrogens with zero attached hydrogens (tertiary/aromatic N) is 3. The second kappa shape index (κ2) is 2.16. The molecule has 0 radical (unpaired) electrons. The largest absolute Gasteiger partial charge is 0.322 e. The van der Waals surface area contributed by atoms with Crippen molar-refractivity contribution in [2.45, 2.75) is 0 Å². The minimum absolute atomic E-state index is 0.627. The maximum atomic E-state index is 4.08. The molecular formula is C7H6N4. The molecule has 1 N–H and O–H groups in total. The van der Waals surface area contributed by atoms with E-state index in [0.29, 0.717) is 17.1 Å². The summed E-state index contributed by atoms with van der Waals surface area (Å²) in [6.45, 7) is 3.58. The lowest BCUT2D eigenvalue weighted by Crippen LogP contribution is -1.77. The summed E-state index contributed by atoms with van der Waals surface area (Å²) < 4.78 is 0. The van der Waals surface area contributed by atoms with Gasteiger partial charge in [-0.05, 0) is 6.08 Å². The highest BCUT2D eigenvalue weighted by Crippen LogP contribution is 2.03. The van der Waals surface area contributed by atoms with Gasteiger partial charge in [-0.2, -0.15) is 0 Å². The molecule has 0 fully saturated rings. The van der Waals surface area contributed by atoms with Gasteiger partial charge in [-0.1, -0.05) is 6.58 Å². The van der Waals surface area contributed by atoms with Gasteiger partial charge in [0.2, 0.25) is 0 Å². The summed E-state index contributed by atoms with van der Waals surface area (Å²) in [6, 6.07) is 0. The standard InChI is InChI=1S/C7H6N4/c1-2-5-10-6-7(11-5)9-4-3-8-6/h2-4H,1H2,(H,8,9,10,11). The van der Waals surface area contributed by atoms with Crippen LogP contribution in [0.5, 0.6) is 0 Å². The van der Waals surface area contributed by atoms with Gasteiger partial charge in [-0.15, -0.1) is 0 Å². The Morgan fingerprint density at radius 3 is 2.91 bits per heavy atom. The van der Waals surface area contributed by atoms with Crippen LogP contribution in [0.4, 0.5) is 0 Å². The van der Waals surface area contributed by atoms with Crippen LogP contribution in [0.3, 0.4) is 0 Å². The highest BCUT2D eigenvalue weighted by Gasteiger charge is 1.98. The van der Waals surface area contributed by atoms with Crippen molar-refractivity contribution in [2.75, 3.05) is 0 Å². The number of hydrogen-bond acceptors (Lipinski definition) is 3. The van der Waals surface area contributed by atoms with E-state index in [1.807, 2.05) is 0 Å². The van der Waals surface area contributed by atoms with Crippen LogP contribution in [0, 0.1) is 0 Å². The highest BCUT2D eigenvalue weighted by molar-refractivity contribution is 5.67. The normalized spacial score (nSPS) is 10.2. The van der Waals surface area contributed by atoms with E-state index < -0.39 is 0 Å². The lowest BCUT2D eigenvalue weighted by Gasteiger charge is -1.80. The monoisotopic (exact) mass is 146 g/mol. The van der Waals surface area contributed by atoms with Gasteiger partial charge in [0.15, 0.2) is 11.3 Å². The summed E-state index contributed by atoms with van der Waals surface area (Å²) in [7, 11) is 0. The molecule has 0 bridgehead atoms. The molecule has 2 aromatic rings. The molecule has 2 rings (SSSR count). The molecule has 2 heterocycles. The zero-order chi connectivity index (χ0) is 7.68. The van der Waals surface area contributed by atoms with E-state index in [9.17, 15) is 0 Å². The molecule has 0 aliphatic carbocycles. The Balaban J connectivity index is 2.78. The van der Waals surface area contributed by atoms with Crippen molar-refractivity contribution < 1.29 is 0 Å². The third-order valence-corrected chi connectivity index (χ3v) is 1.35. The molecule has 0 saturated heterocycles. The molecule has 0 atom stereocenters. The Morgan fingerprint density at radius 2 is 2.18 bits per heavy atom. The molecule has 0 saturated carbocycles. The van der Waals surface area contributed by atoms with E-state index in [2.05, 4.69) is 26.5 Å². The second-order valence-corrected chi connectivity index (χ2v) is 2.05. The number of aromatic amines is 1. The Morgan fingerprint density at radius 1 is 1.36 bits per heavy atom. The number of H-pyrrole nitrogens is 1. The summed E-state index contributed by atoms with van der Waals surface area (Å²) in [5, 5.41) is 0. The first kappa shape index (κ1) is 6.03. The third-order valence-electron chi connectivity index (χ3n) is 1.35. The number of hydrogen-bond donors (Lipinski definition) is 1. The van der Waals surface area contributed by atoms with Gasteiger partial charge in [0.1, 0.15) is 5.82 Å². The molecule has 11 heavy (non-hydrogen) atoms. The predicted octanol–water partition coefficient (Wildman–Crippen LogP) is 0.996. The van der Waals surface area contributed by atoms with Crippen LogP contribution in [-0.2, 0) is 0 Å². The van der Waals surface area contributed by atoms with Gasteiger partial charge >= 0.3 is 0 Å². The summed E-state index contributed by atoms with van der Waals surface area (Å²) in [5.41, 5.74) is 1.32. The summed E-state index contributed by atoms with van der Waals surface area (Å²) in [6.07, 6.45) is 4.85. The molecule has 54 valence electrons. The van der Waals surface area contributed by atoms with Gasteiger partial charge in [-0.25, -0.2) is 15.0 Å². The van der Waals surface area contributed by atoms with Crippen molar-refractivity contribution in [1.29, 1.82) is 0 Å². The molecular weight excluding hydrogens is 140 g/mol. The molecule has 0 amide bonds. The van der Waals surface area contributed by atoms with Crippen LogP contribution in [0.25, 0.3) is 17.4 Å². The number of aromatic nitrogens is 4. The van der Waals surface area contributed by atoms with E-state index in [0.717, 1.165) is 0 Å². The fourth-order valence-electron chi connectivity index (χ4n) is 0.861. The smallest absolute Gasteiger partial charge is 0.197 e. The van der Waals surface area contributed by atoms with Gasteiger partial charge in [0, 0.05) is 12.4 Å². The van der Waals surface area contributed by atoms with Gasteiger partial charge < -0.3 is 4.98 Å². The van der Waals surface area contributed by atoms with Gasteiger partial charge in [0.25, 0.3) is 0 Å². The third kappa shape index (κ3) is 0.881. The average molecular weight is 146 g/mol. The first-order chi connectivity index (χ1) is 5.40. The van der Waals surface area contributed by atoms with Crippen molar-refractivity contribution >= 4 is 17.4 Å². The summed E-state index contributed by atoms with van der Waals surface area (Å²) in [5.74, 6) is 0.700. The topological polar surface area (TPSA) is 54.5 Å². The fourth-order valence-corrected chi connectivity index (χ4v) is 0.861. The van der Waals surface area contributed by atoms with E-state index in [1.165, 1.54) is 0 Å². The minimum Gasteiger partial charge on any atom is -0.322 e. The quantitative estimate of drug-likeness (QED) is 0.652. The van der Waals surface area contributed by atoms with Crippen molar-refractivity contribution in [2.24, 2.45) is 0 Å². The van der Waals surface area contributed by atoms with Crippen molar-refractivity contribution in [3.05, 3.63) is 24.8 Å². The van der Waals surface area contributed by atoms with Crippen molar-refractivity contribution in [1.82, 2.24) is 19.9 Å². The maximum absolute atomic E-state index is 4.08. The zero-order valence-electron chi connectivity index (χ0n) is 5.78. The molecule has 2 aromatic heterocycles. The molecule has 4 heteroatoms. The Hall–Kier alpha value is -1.71. The Kier molecular flexibility index (Phi) is 1.18. The molecule has 0 spiro atoms. The van der Waals surface area contributed by atoms with E-state index in [1.54, 1.807) is 18.5 Å². The maximum Gasteiger partial charge on any atom is 0.197 e. The summed E-state index contributed by atoms with van der Waals surface area (Å²) in [4.78, 5) is 15.0. The number of nitrogens with one attached hydrogen (secondary N) is 1. The van der Waals surface area contributed by atoms with Crippen LogP contribution < -0.4 is 0 Å². The Bertz CT molecular complexity index is 357. The van der Waals surface area contributed by atoms with Crippen LogP contribution >= 0.6 is 0 Å². The average Bonchev–Trinajstić information content (AvgIpc) is 2.46. The molecule has 0 aromatic carbocycles. The molecule has 0 aliphatic heterocycles. The SMILES string of the molecule is C=Cc1nc2nccnc2[nH]1. The first-order valence-electron chi connectivity index (χ1n) is 3.19. The Labute approximate surface area is 63.0 Å². The van der Waals surface area contributed by atoms with Crippen molar-refractivity contribution in [3.63, 3.8) is 0 Å². The zero-order valence-corrected chi connectivity index (χ0v) is 5.78. The number of fused-ring (bicyclic) bond motifs is 1. The van der Waals surface area contributed by atoms with E-state index in [4.69, 9.17) is 0 Å². The predicted molar refractivity (Wildman–Crippen MR) is 41.8 cm³/mol.